The van der Waals surface area contributed by atoms with Crippen molar-refractivity contribution in [1.29, 1.82) is 0 Å². The van der Waals surface area contributed by atoms with Crippen molar-refractivity contribution in [2.75, 3.05) is 40.1 Å². The molecule has 1 aromatic rings. The summed E-state index contributed by atoms with van der Waals surface area (Å²) in [5.74, 6) is 3.01. The summed E-state index contributed by atoms with van der Waals surface area (Å²) in [5.41, 5.74) is 0. The maximum absolute atomic E-state index is 5.70. The Balaban J connectivity index is 0.00000208. The molecule has 134 valence electrons. The van der Waals surface area contributed by atoms with Gasteiger partial charge in [-0.05, 0) is 25.0 Å². The van der Waals surface area contributed by atoms with Crippen LogP contribution in [0.1, 0.15) is 12.8 Å². The van der Waals surface area contributed by atoms with Gasteiger partial charge >= 0.3 is 0 Å². The first-order valence-electron chi connectivity index (χ1n) is 7.94. The summed E-state index contributed by atoms with van der Waals surface area (Å²) < 4.78 is 21.9. The lowest BCUT2D eigenvalue weighted by Gasteiger charge is -2.15. The molecule has 1 saturated heterocycles. The van der Waals surface area contributed by atoms with Gasteiger partial charge in [0.15, 0.2) is 17.5 Å². The van der Waals surface area contributed by atoms with Crippen LogP contribution in [0.3, 0.4) is 0 Å². The highest BCUT2D eigenvalue weighted by atomic mass is 127. The summed E-state index contributed by atoms with van der Waals surface area (Å²) in [6.07, 6.45) is 2.54. The Hall–Kier alpha value is -1.42. The molecule has 1 atom stereocenters. The second-order valence-corrected chi connectivity index (χ2v) is 5.38. The van der Waals surface area contributed by atoms with Crippen molar-refractivity contribution in [3.05, 3.63) is 18.2 Å². The van der Waals surface area contributed by atoms with E-state index in [0.29, 0.717) is 19.3 Å². The largest absolute Gasteiger partial charge is 0.492 e. The van der Waals surface area contributed by atoms with E-state index in [9.17, 15) is 0 Å². The number of fused-ring (bicyclic) bond motifs is 1. The molecule has 0 radical (unpaired) electrons. The quantitative estimate of drug-likeness (QED) is 0.299. The predicted octanol–water partition coefficient (Wildman–Crippen LogP) is 1.76. The zero-order valence-electron chi connectivity index (χ0n) is 13.7. The van der Waals surface area contributed by atoms with Crippen LogP contribution in [-0.4, -0.2) is 52.2 Å². The number of nitrogens with zero attached hydrogens (tertiary/aromatic N) is 1. The highest BCUT2D eigenvalue weighted by Crippen LogP contribution is 2.34. The molecule has 2 aliphatic heterocycles. The van der Waals surface area contributed by atoms with Crippen LogP contribution in [0.4, 0.5) is 0 Å². The minimum absolute atomic E-state index is 0. The summed E-state index contributed by atoms with van der Waals surface area (Å²) in [4.78, 5) is 4.19. The molecular weight excluding hydrogens is 425 g/mol. The first kappa shape index (κ1) is 18.9. The number of hydrogen-bond donors (Lipinski definition) is 2. The van der Waals surface area contributed by atoms with Crippen LogP contribution < -0.4 is 24.8 Å². The third kappa shape index (κ3) is 5.30. The third-order valence-electron chi connectivity index (χ3n) is 3.75. The van der Waals surface area contributed by atoms with Gasteiger partial charge in [0.1, 0.15) is 12.4 Å². The normalized spacial score (nSPS) is 18.9. The fourth-order valence-corrected chi connectivity index (χ4v) is 2.54. The van der Waals surface area contributed by atoms with Crippen molar-refractivity contribution in [2.45, 2.75) is 18.9 Å². The molecule has 0 aromatic heterocycles. The first-order chi connectivity index (χ1) is 11.3. The molecule has 1 fully saturated rings. The zero-order chi connectivity index (χ0) is 15.9. The van der Waals surface area contributed by atoms with E-state index in [0.717, 1.165) is 49.2 Å². The highest BCUT2D eigenvalue weighted by molar-refractivity contribution is 14.0. The van der Waals surface area contributed by atoms with Crippen LogP contribution in [0.5, 0.6) is 17.2 Å². The van der Waals surface area contributed by atoms with E-state index in [1.807, 2.05) is 18.2 Å². The number of benzene rings is 1. The molecule has 2 heterocycles. The summed E-state index contributed by atoms with van der Waals surface area (Å²) in [6, 6.07) is 5.57. The molecule has 0 spiro atoms. The van der Waals surface area contributed by atoms with Crippen molar-refractivity contribution in [1.82, 2.24) is 10.6 Å². The van der Waals surface area contributed by atoms with E-state index in [1.165, 1.54) is 0 Å². The van der Waals surface area contributed by atoms with E-state index in [-0.39, 0.29) is 30.8 Å². The van der Waals surface area contributed by atoms with Gasteiger partial charge in [-0.2, -0.15) is 0 Å². The molecule has 3 rings (SSSR count). The predicted molar refractivity (Wildman–Crippen MR) is 102 cm³/mol. The number of rotatable bonds is 6. The van der Waals surface area contributed by atoms with Gasteiger partial charge in [-0.1, -0.05) is 0 Å². The Morgan fingerprint density at radius 3 is 2.96 bits per heavy atom. The van der Waals surface area contributed by atoms with Crippen molar-refractivity contribution in [2.24, 2.45) is 4.99 Å². The minimum atomic E-state index is 0. The second kappa shape index (κ2) is 9.77. The Bertz CT molecular complexity index is 550. The Kier molecular flexibility index (Phi) is 7.70. The van der Waals surface area contributed by atoms with Crippen LogP contribution in [0.25, 0.3) is 0 Å². The fourth-order valence-electron chi connectivity index (χ4n) is 2.54. The van der Waals surface area contributed by atoms with Crippen molar-refractivity contribution >= 4 is 29.9 Å². The van der Waals surface area contributed by atoms with Crippen LogP contribution >= 0.6 is 24.0 Å². The van der Waals surface area contributed by atoms with Crippen LogP contribution in [0, 0.1) is 0 Å². The molecule has 1 aromatic carbocycles. The lowest BCUT2D eigenvalue weighted by molar-refractivity contribution is 0.114. The standard InChI is InChI=1S/C16H23N3O4.HI/c1-17-16(19-10-13-3-2-7-20-13)18-6-8-21-12-4-5-14-15(9-12)23-11-22-14;/h4-5,9,13H,2-3,6-8,10-11H2,1H3,(H2,17,18,19);1H. The molecule has 24 heavy (non-hydrogen) atoms. The van der Waals surface area contributed by atoms with E-state index in [4.69, 9.17) is 18.9 Å². The smallest absolute Gasteiger partial charge is 0.231 e. The Morgan fingerprint density at radius 2 is 2.17 bits per heavy atom. The van der Waals surface area contributed by atoms with Gasteiger partial charge < -0.3 is 29.6 Å². The van der Waals surface area contributed by atoms with Crippen LogP contribution in [-0.2, 0) is 4.74 Å². The topological polar surface area (TPSA) is 73.3 Å². The minimum Gasteiger partial charge on any atom is -0.492 e. The van der Waals surface area contributed by atoms with Crippen LogP contribution in [0.2, 0.25) is 0 Å². The van der Waals surface area contributed by atoms with Gasteiger partial charge in [-0.15, -0.1) is 24.0 Å². The van der Waals surface area contributed by atoms with E-state index >= 15 is 0 Å². The second-order valence-electron chi connectivity index (χ2n) is 5.38. The lowest BCUT2D eigenvalue weighted by atomic mass is 10.2. The molecule has 8 heteroatoms. The number of hydrogen-bond acceptors (Lipinski definition) is 5. The number of halogens is 1. The number of ether oxygens (including phenoxy) is 4. The summed E-state index contributed by atoms with van der Waals surface area (Å²) in [6.45, 7) is 3.09. The summed E-state index contributed by atoms with van der Waals surface area (Å²) in [7, 11) is 1.75. The highest BCUT2D eigenvalue weighted by Gasteiger charge is 2.15. The lowest BCUT2D eigenvalue weighted by Crippen LogP contribution is -2.42. The van der Waals surface area contributed by atoms with Crippen molar-refractivity contribution in [3.8, 4) is 17.2 Å². The van der Waals surface area contributed by atoms with Gasteiger partial charge in [-0.3, -0.25) is 4.99 Å². The van der Waals surface area contributed by atoms with Crippen molar-refractivity contribution < 1.29 is 18.9 Å². The van der Waals surface area contributed by atoms with E-state index < -0.39 is 0 Å². The molecule has 0 aliphatic carbocycles. The number of aliphatic imine (C=N–C) groups is 1. The average molecular weight is 449 g/mol. The van der Waals surface area contributed by atoms with Crippen LogP contribution in [0.15, 0.2) is 23.2 Å². The van der Waals surface area contributed by atoms with Gasteiger partial charge in [-0.25, -0.2) is 0 Å². The van der Waals surface area contributed by atoms with Gasteiger partial charge in [0.25, 0.3) is 0 Å². The van der Waals surface area contributed by atoms with Gasteiger partial charge in [0, 0.05) is 26.3 Å². The van der Waals surface area contributed by atoms with E-state index in [2.05, 4.69) is 15.6 Å². The van der Waals surface area contributed by atoms with Gasteiger partial charge in [0.2, 0.25) is 6.79 Å². The monoisotopic (exact) mass is 449 g/mol. The van der Waals surface area contributed by atoms with E-state index in [1.54, 1.807) is 7.05 Å². The first-order valence-corrected chi connectivity index (χ1v) is 7.94. The number of guanidine groups is 1. The molecule has 0 bridgehead atoms. The Morgan fingerprint density at radius 1 is 1.29 bits per heavy atom. The molecule has 0 saturated carbocycles. The molecule has 7 nitrogen and oxygen atoms in total. The maximum atomic E-state index is 5.70. The van der Waals surface area contributed by atoms with Crippen molar-refractivity contribution in [3.63, 3.8) is 0 Å². The SMILES string of the molecule is CN=C(NCCOc1ccc2c(c1)OCO2)NCC1CCCO1.I. The summed E-state index contributed by atoms with van der Waals surface area (Å²) >= 11 is 0. The third-order valence-corrected chi connectivity index (χ3v) is 3.75. The Labute approximate surface area is 159 Å². The van der Waals surface area contributed by atoms with Gasteiger partial charge in [0.05, 0.1) is 12.6 Å². The average Bonchev–Trinajstić information content (AvgIpc) is 3.25. The zero-order valence-corrected chi connectivity index (χ0v) is 16.1. The molecule has 2 aliphatic rings. The molecule has 1 unspecified atom stereocenters. The maximum Gasteiger partial charge on any atom is 0.231 e. The number of nitrogens with one attached hydrogen (secondary N) is 2. The molecule has 2 N–H and O–H groups in total. The molecule has 0 amide bonds. The fraction of sp³-hybridized carbons (Fsp3) is 0.562. The molecular formula is C16H24IN3O4. The summed E-state index contributed by atoms with van der Waals surface area (Å²) in [5, 5.41) is 6.48.